The van der Waals surface area contributed by atoms with E-state index in [1.165, 1.54) is 29.9 Å². The van der Waals surface area contributed by atoms with E-state index < -0.39 is 0 Å². The van der Waals surface area contributed by atoms with Crippen molar-refractivity contribution >= 4 is 39.2 Å². The molecular weight excluding hydrogens is 439 g/mol. The van der Waals surface area contributed by atoms with Gasteiger partial charge in [-0.25, -0.2) is 19.3 Å². The minimum atomic E-state index is -0.320. The van der Waals surface area contributed by atoms with Gasteiger partial charge in [-0.2, -0.15) is 0 Å². The number of fused-ring (bicyclic) bond motifs is 4. The zero-order chi connectivity index (χ0) is 22.5. The van der Waals surface area contributed by atoms with Crippen molar-refractivity contribution in [2.45, 2.75) is 39.2 Å². The van der Waals surface area contributed by atoms with Crippen molar-refractivity contribution in [3.63, 3.8) is 0 Å². The number of benzene rings is 1. The molecule has 0 saturated carbocycles. The first-order valence-corrected chi connectivity index (χ1v) is 11.9. The second-order valence-electron chi connectivity index (χ2n) is 8.30. The first kappa shape index (κ1) is 20.0. The molecule has 0 spiro atoms. The van der Waals surface area contributed by atoms with E-state index in [1.54, 1.807) is 18.2 Å². The number of nitrogens with zero attached hydrogens (tertiary/aromatic N) is 5. The van der Waals surface area contributed by atoms with Crippen LogP contribution in [0, 0.1) is 12.7 Å². The lowest BCUT2D eigenvalue weighted by Gasteiger charge is -2.09. The molecule has 0 saturated heterocycles. The van der Waals surface area contributed by atoms with Crippen LogP contribution in [0.25, 0.3) is 27.4 Å². The highest BCUT2D eigenvalue weighted by atomic mass is 32.1. The molecule has 7 nitrogen and oxygen atoms in total. The quantitative estimate of drug-likeness (QED) is 0.400. The van der Waals surface area contributed by atoms with E-state index in [0.717, 1.165) is 53.5 Å². The molecule has 1 aliphatic heterocycles. The molecule has 0 fully saturated rings. The summed E-state index contributed by atoms with van der Waals surface area (Å²) in [5.41, 5.74) is 3.99. The number of rotatable bonds is 3. The molecule has 0 aliphatic carbocycles. The number of hydrogen-bond acceptors (Lipinski definition) is 5. The first-order chi connectivity index (χ1) is 16.1. The van der Waals surface area contributed by atoms with Crippen molar-refractivity contribution in [3.05, 3.63) is 64.8 Å². The molecule has 5 aromatic rings. The maximum absolute atomic E-state index is 13.6. The number of carbonyl (C=O) groups excluding carboxylic acids is 1. The van der Waals surface area contributed by atoms with Gasteiger partial charge in [-0.3, -0.25) is 9.20 Å². The van der Waals surface area contributed by atoms with Gasteiger partial charge in [-0.1, -0.05) is 6.42 Å². The van der Waals surface area contributed by atoms with Crippen LogP contribution in [0.15, 0.2) is 41.9 Å². The maximum atomic E-state index is 13.6. The molecule has 0 radical (unpaired) electrons. The summed E-state index contributed by atoms with van der Waals surface area (Å²) in [5.74, 6) is 0.951. The summed E-state index contributed by atoms with van der Waals surface area (Å²) >= 11 is 1.47. The minimum absolute atomic E-state index is 0.268. The van der Waals surface area contributed by atoms with E-state index >= 15 is 0 Å². The summed E-state index contributed by atoms with van der Waals surface area (Å²) < 4.78 is 17.5. The predicted octanol–water partition coefficient (Wildman–Crippen LogP) is 5.23. The van der Waals surface area contributed by atoms with Gasteiger partial charge in [0.15, 0.2) is 10.6 Å². The maximum Gasteiger partial charge on any atom is 0.259 e. The first-order valence-electron chi connectivity index (χ1n) is 11.0. The highest BCUT2D eigenvalue weighted by Crippen LogP contribution is 2.32. The largest absolute Gasteiger partial charge is 0.313 e. The highest BCUT2D eigenvalue weighted by molar-refractivity contribution is 7.15. The molecule has 9 heteroatoms. The number of aromatic nitrogens is 5. The fraction of sp³-hybridized carbons (Fsp3) is 0.250. The van der Waals surface area contributed by atoms with Gasteiger partial charge >= 0.3 is 0 Å². The molecule has 6 rings (SSSR count). The van der Waals surface area contributed by atoms with E-state index in [0.29, 0.717) is 22.6 Å². The number of pyridine rings is 1. The van der Waals surface area contributed by atoms with Gasteiger partial charge in [0.05, 0.1) is 5.56 Å². The van der Waals surface area contributed by atoms with Crippen molar-refractivity contribution in [2.24, 2.45) is 0 Å². The Bertz CT molecular complexity index is 1510. The molecular formula is C24H21FN6OS. The number of imidazole rings is 2. The molecule has 0 unspecified atom stereocenters. The Balaban J connectivity index is 1.45. The second-order valence-corrected chi connectivity index (χ2v) is 9.17. The molecule has 166 valence electrons. The smallest absolute Gasteiger partial charge is 0.259 e. The van der Waals surface area contributed by atoms with Crippen LogP contribution in [0.5, 0.6) is 0 Å². The van der Waals surface area contributed by atoms with Crippen molar-refractivity contribution in [1.29, 1.82) is 0 Å². The third kappa shape index (κ3) is 3.39. The minimum Gasteiger partial charge on any atom is -0.313 e. The molecule has 1 aliphatic rings. The van der Waals surface area contributed by atoms with Gasteiger partial charge in [0.25, 0.3) is 5.91 Å². The summed E-state index contributed by atoms with van der Waals surface area (Å²) in [5, 5.41) is 4.97. The molecule has 1 amide bonds. The third-order valence-corrected chi connectivity index (χ3v) is 6.81. The molecule has 4 aromatic heterocycles. The van der Waals surface area contributed by atoms with Gasteiger partial charge in [0.1, 0.15) is 28.7 Å². The van der Waals surface area contributed by atoms with Crippen LogP contribution >= 0.6 is 11.3 Å². The van der Waals surface area contributed by atoms with Crippen LogP contribution in [-0.4, -0.2) is 29.8 Å². The Morgan fingerprint density at radius 3 is 2.82 bits per heavy atom. The van der Waals surface area contributed by atoms with Gasteiger partial charge in [-0.05, 0) is 50.1 Å². The lowest BCUT2D eigenvalue weighted by molar-refractivity contribution is 0.102. The standard InChI is InChI=1S/C24H21FN6OS/c1-14-13-17(20-22(26-14)30-10-4-2-3-5-18(30)27-20)23(32)29-21-19(15-6-8-16(25)9-7-15)28-24-31(21)11-12-33-24/h6-9,11-13H,2-5,10H2,1H3,(H,29,32). The number of carbonyl (C=O) groups is 1. The van der Waals surface area contributed by atoms with E-state index in [1.807, 2.05) is 22.9 Å². The fourth-order valence-electron chi connectivity index (χ4n) is 4.48. The average molecular weight is 461 g/mol. The Morgan fingerprint density at radius 2 is 1.97 bits per heavy atom. The Morgan fingerprint density at radius 1 is 1.12 bits per heavy atom. The summed E-state index contributed by atoms with van der Waals surface area (Å²) in [6.07, 6.45) is 6.11. The number of anilines is 1. The van der Waals surface area contributed by atoms with Crippen LogP contribution in [-0.2, 0) is 13.0 Å². The lowest BCUT2D eigenvalue weighted by atomic mass is 10.1. The molecule has 0 bridgehead atoms. The Labute approximate surface area is 192 Å². The normalized spacial score (nSPS) is 13.9. The van der Waals surface area contributed by atoms with Crippen LogP contribution in [0.4, 0.5) is 10.2 Å². The van der Waals surface area contributed by atoms with E-state index in [2.05, 4.69) is 14.9 Å². The van der Waals surface area contributed by atoms with Crippen LogP contribution in [0.2, 0.25) is 0 Å². The molecule has 0 atom stereocenters. The Kier molecular flexibility index (Phi) is 4.72. The number of halogens is 1. The van der Waals surface area contributed by atoms with Crippen molar-refractivity contribution in [1.82, 2.24) is 23.9 Å². The van der Waals surface area contributed by atoms with E-state index in [-0.39, 0.29) is 11.7 Å². The molecule has 1 N–H and O–H groups in total. The third-order valence-electron chi connectivity index (χ3n) is 6.05. The van der Waals surface area contributed by atoms with Crippen molar-refractivity contribution in [2.75, 3.05) is 5.32 Å². The second kappa shape index (κ2) is 7.77. The average Bonchev–Trinajstić information content (AvgIpc) is 3.43. The van der Waals surface area contributed by atoms with Gasteiger partial charge in [-0.15, -0.1) is 11.3 Å². The van der Waals surface area contributed by atoms with Gasteiger partial charge < -0.3 is 9.88 Å². The van der Waals surface area contributed by atoms with Crippen molar-refractivity contribution in [3.8, 4) is 11.3 Å². The molecule has 5 heterocycles. The SMILES string of the molecule is Cc1cc(C(=O)Nc2c(-c3ccc(F)cc3)nc3sccn23)c2nc3n(c2n1)CCCCC3. The Hall–Kier alpha value is -3.59. The van der Waals surface area contributed by atoms with Gasteiger partial charge in [0, 0.05) is 35.8 Å². The number of amides is 1. The predicted molar refractivity (Wildman–Crippen MR) is 126 cm³/mol. The summed E-state index contributed by atoms with van der Waals surface area (Å²) in [6, 6.07) is 7.90. The topological polar surface area (TPSA) is 77.1 Å². The zero-order valence-corrected chi connectivity index (χ0v) is 18.8. The number of thiazole rings is 1. The lowest BCUT2D eigenvalue weighted by Crippen LogP contribution is -2.15. The van der Waals surface area contributed by atoms with Gasteiger partial charge in [0.2, 0.25) is 0 Å². The molecule has 33 heavy (non-hydrogen) atoms. The van der Waals surface area contributed by atoms with Crippen LogP contribution in [0.1, 0.15) is 41.1 Å². The summed E-state index contributed by atoms with van der Waals surface area (Å²) in [7, 11) is 0. The monoisotopic (exact) mass is 460 g/mol. The van der Waals surface area contributed by atoms with Crippen LogP contribution in [0.3, 0.4) is 0 Å². The van der Waals surface area contributed by atoms with E-state index in [9.17, 15) is 9.18 Å². The summed E-state index contributed by atoms with van der Waals surface area (Å²) in [6.45, 7) is 2.77. The number of aryl methyl sites for hydroxylation is 3. The zero-order valence-electron chi connectivity index (χ0n) is 18.0. The summed E-state index contributed by atoms with van der Waals surface area (Å²) in [4.78, 5) is 28.5. The number of nitrogens with one attached hydrogen (secondary N) is 1. The fourth-order valence-corrected chi connectivity index (χ4v) is 5.19. The highest BCUT2D eigenvalue weighted by Gasteiger charge is 2.23. The van der Waals surface area contributed by atoms with Crippen LogP contribution < -0.4 is 5.32 Å². The number of hydrogen-bond donors (Lipinski definition) is 1. The van der Waals surface area contributed by atoms with E-state index in [4.69, 9.17) is 9.97 Å². The van der Waals surface area contributed by atoms with Crippen molar-refractivity contribution < 1.29 is 9.18 Å². The molecule has 1 aromatic carbocycles.